The molecule has 0 aliphatic rings. The SMILES string of the molecule is Cc1ccc(Nc2cncc(OC(C)C)n2)cc1C(=O)O. The van der Waals surface area contributed by atoms with Gasteiger partial charge in [0.1, 0.15) is 0 Å². The monoisotopic (exact) mass is 287 g/mol. The summed E-state index contributed by atoms with van der Waals surface area (Å²) in [6.07, 6.45) is 3.09. The molecule has 1 aromatic heterocycles. The predicted octanol–water partition coefficient (Wildman–Crippen LogP) is 3.01. The van der Waals surface area contributed by atoms with Gasteiger partial charge >= 0.3 is 5.97 Å². The first-order chi connectivity index (χ1) is 9.95. The molecule has 6 nitrogen and oxygen atoms in total. The van der Waals surface area contributed by atoms with E-state index < -0.39 is 5.97 Å². The fourth-order valence-electron chi connectivity index (χ4n) is 1.78. The quantitative estimate of drug-likeness (QED) is 0.879. The average molecular weight is 287 g/mol. The molecule has 0 aliphatic heterocycles. The van der Waals surface area contributed by atoms with Crippen molar-refractivity contribution in [2.75, 3.05) is 5.32 Å². The Balaban J connectivity index is 2.22. The van der Waals surface area contributed by atoms with Gasteiger partial charge in [0.2, 0.25) is 5.88 Å². The first kappa shape index (κ1) is 14.8. The number of benzene rings is 1. The van der Waals surface area contributed by atoms with Crippen LogP contribution in [0.4, 0.5) is 11.5 Å². The molecule has 0 unspecified atom stereocenters. The number of hydrogen-bond donors (Lipinski definition) is 2. The van der Waals surface area contributed by atoms with Crippen molar-refractivity contribution in [2.45, 2.75) is 26.9 Å². The van der Waals surface area contributed by atoms with Crippen molar-refractivity contribution in [3.63, 3.8) is 0 Å². The number of aromatic nitrogens is 2. The van der Waals surface area contributed by atoms with Crippen LogP contribution in [0.3, 0.4) is 0 Å². The number of ether oxygens (including phenoxy) is 1. The third kappa shape index (κ3) is 3.92. The Morgan fingerprint density at radius 3 is 2.76 bits per heavy atom. The van der Waals surface area contributed by atoms with Crippen LogP contribution < -0.4 is 10.1 Å². The van der Waals surface area contributed by atoms with E-state index in [9.17, 15) is 4.79 Å². The van der Waals surface area contributed by atoms with E-state index in [2.05, 4.69) is 15.3 Å². The van der Waals surface area contributed by atoms with Crippen LogP contribution in [0, 0.1) is 6.92 Å². The molecule has 2 aromatic rings. The van der Waals surface area contributed by atoms with E-state index in [4.69, 9.17) is 9.84 Å². The van der Waals surface area contributed by atoms with Crippen LogP contribution in [0.15, 0.2) is 30.6 Å². The first-order valence-electron chi connectivity index (χ1n) is 6.55. The Hall–Kier alpha value is -2.63. The summed E-state index contributed by atoms with van der Waals surface area (Å²) in [5.41, 5.74) is 1.59. The number of nitrogens with zero attached hydrogens (tertiary/aromatic N) is 2. The van der Waals surface area contributed by atoms with Crippen molar-refractivity contribution >= 4 is 17.5 Å². The number of aryl methyl sites for hydroxylation is 1. The zero-order chi connectivity index (χ0) is 15.4. The Bertz CT molecular complexity index is 656. The zero-order valence-corrected chi connectivity index (χ0v) is 12.1. The summed E-state index contributed by atoms with van der Waals surface area (Å²) in [5, 5.41) is 12.1. The molecule has 21 heavy (non-hydrogen) atoms. The summed E-state index contributed by atoms with van der Waals surface area (Å²) < 4.78 is 5.47. The zero-order valence-electron chi connectivity index (χ0n) is 12.1. The molecular weight excluding hydrogens is 270 g/mol. The number of carboxylic acid groups (broad SMARTS) is 1. The molecular formula is C15H17N3O3. The van der Waals surface area contributed by atoms with Gasteiger partial charge in [0, 0.05) is 5.69 Å². The van der Waals surface area contributed by atoms with Gasteiger partial charge in [-0.05, 0) is 38.5 Å². The number of carbonyl (C=O) groups is 1. The molecule has 1 aromatic carbocycles. The molecule has 0 spiro atoms. The minimum Gasteiger partial charge on any atom is -0.478 e. The van der Waals surface area contributed by atoms with Gasteiger partial charge < -0.3 is 15.2 Å². The van der Waals surface area contributed by atoms with E-state index in [-0.39, 0.29) is 11.7 Å². The highest BCUT2D eigenvalue weighted by molar-refractivity contribution is 5.90. The average Bonchev–Trinajstić information content (AvgIpc) is 2.40. The minimum absolute atomic E-state index is 0.00698. The molecule has 2 rings (SSSR count). The third-order valence-electron chi connectivity index (χ3n) is 2.71. The second-order valence-electron chi connectivity index (χ2n) is 4.87. The number of carboxylic acids is 1. The number of rotatable bonds is 5. The normalized spacial score (nSPS) is 10.5. The molecule has 0 aliphatic carbocycles. The molecule has 0 saturated heterocycles. The van der Waals surface area contributed by atoms with Crippen molar-refractivity contribution in [3.05, 3.63) is 41.7 Å². The van der Waals surface area contributed by atoms with Crippen LogP contribution in [0.5, 0.6) is 5.88 Å². The van der Waals surface area contributed by atoms with Crippen molar-refractivity contribution in [1.29, 1.82) is 0 Å². The molecule has 0 saturated carbocycles. The van der Waals surface area contributed by atoms with Gasteiger partial charge in [-0.25, -0.2) is 4.79 Å². The van der Waals surface area contributed by atoms with E-state index in [0.717, 1.165) is 0 Å². The second kappa shape index (κ2) is 6.21. The molecule has 2 N–H and O–H groups in total. The largest absolute Gasteiger partial charge is 0.478 e. The Morgan fingerprint density at radius 2 is 2.10 bits per heavy atom. The fourth-order valence-corrected chi connectivity index (χ4v) is 1.78. The van der Waals surface area contributed by atoms with Gasteiger partial charge in [-0.1, -0.05) is 6.07 Å². The van der Waals surface area contributed by atoms with Gasteiger partial charge in [-0.3, -0.25) is 4.98 Å². The number of nitrogens with one attached hydrogen (secondary N) is 1. The standard InChI is InChI=1S/C15H17N3O3/c1-9(2)21-14-8-16-7-13(18-14)17-11-5-4-10(3)12(6-11)15(19)20/h4-9H,1-3H3,(H,17,18)(H,19,20). The molecule has 0 radical (unpaired) electrons. The van der Waals surface area contributed by atoms with Crippen LogP contribution in [-0.4, -0.2) is 27.1 Å². The highest BCUT2D eigenvalue weighted by Gasteiger charge is 2.09. The van der Waals surface area contributed by atoms with Crippen molar-refractivity contribution in [2.24, 2.45) is 0 Å². The lowest BCUT2D eigenvalue weighted by Gasteiger charge is -2.11. The summed E-state index contributed by atoms with van der Waals surface area (Å²) in [6.45, 7) is 5.56. The van der Waals surface area contributed by atoms with Crippen LogP contribution in [0.25, 0.3) is 0 Å². The summed E-state index contributed by atoms with van der Waals surface area (Å²) in [5.74, 6) is -0.0481. The summed E-state index contributed by atoms with van der Waals surface area (Å²) in [4.78, 5) is 19.4. The highest BCUT2D eigenvalue weighted by Crippen LogP contribution is 2.20. The van der Waals surface area contributed by atoms with Gasteiger partial charge in [-0.2, -0.15) is 4.98 Å². The number of anilines is 2. The molecule has 6 heteroatoms. The van der Waals surface area contributed by atoms with Crippen LogP contribution in [0.1, 0.15) is 29.8 Å². The maximum Gasteiger partial charge on any atom is 0.336 e. The Morgan fingerprint density at radius 1 is 1.33 bits per heavy atom. The third-order valence-corrected chi connectivity index (χ3v) is 2.71. The molecule has 1 heterocycles. The summed E-state index contributed by atoms with van der Waals surface area (Å²) in [7, 11) is 0. The summed E-state index contributed by atoms with van der Waals surface area (Å²) >= 11 is 0. The first-order valence-corrected chi connectivity index (χ1v) is 6.55. The lowest BCUT2D eigenvalue weighted by Crippen LogP contribution is -2.08. The highest BCUT2D eigenvalue weighted by atomic mass is 16.5. The van der Waals surface area contributed by atoms with Gasteiger partial charge in [0.05, 0.1) is 24.1 Å². The van der Waals surface area contributed by atoms with Crippen molar-refractivity contribution in [3.8, 4) is 5.88 Å². The van der Waals surface area contributed by atoms with E-state index >= 15 is 0 Å². The maximum absolute atomic E-state index is 11.1. The van der Waals surface area contributed by atoms with E-state index in [0.29, 0.717) is 22.9 Å². The van der Waals surface area contributed by atoms with Gasteiger partial charge in [-0.15, -0.1) is 0 Å². The van der Waals surface area contributed by atoms with Crippen LogP contribution >= 0.6 is 0 Å². The molecule has 0 fully saturated rings. The van der Waals surface area contributed by atoms with E-state index in [1.165, 1.54) is 6.20 Å². The predicted molar refractivity (Wildman–Crippen MR) is 79.2 cm³/mol. The van der Waals surface area contributed by atoms with Crippen molar-refractivity contribution < 1.29 is 14.6 Å². The van der Waals surface area contributed by atoms with Gasteiger partial charge in [0.15, 0.2) is 5.82 Å². The second-order valence-corrected chi connectivity index (χ2v) is 4.87. The fraction of sp³-hybridized carbons (Fsp3) is 0.267. The number of aromatic carboxylic acids is 1. The Labute approximate surface area is 122 Å². The summed E-state index contributed by atoms with van der Waals surface area (Å²) in [6, 6.07) is 5.10. The van der Waals surface area contributed by atoms with E-state index in [1.807, 2.05) is 13.8 Å². The van der Waals surface area contributed by atoms with Gasteiger partial charge in [0.25, 0.3) is 0 Å². The lowest BCUT2D eigenvalue weighted by molar-refractivity contribution is 0.0696. The Kier molecular flexibility index (Phi) is 4.37. The van der Waals surface area contributed by atoms with Crippen LogP contribution in [-0.2, 0) is 0 Å². The molecule has 0 bridgehead atoms. The lowest BCUT2D eigenvalue weighted by atomic mass is 10.1. The molecule has 0 amide bonds. The smallest absolute Gasteiger partial charge is 0.336 e. The molecule has 0 atom stereocenters. The van der Waals surface area contributed by atoms with Crippen LogP contribution in [0.2, 0.25) is 0 Å². The van der Waals surface area contributed by atoms with Crippen molar-refractivity contribution in [1.82, 2.24) is 9.97 Å². The maximum atomic E-state index is 11.1. The molecule has 110 valence electrons. The number of hydrogen-bond acceptors (Lipinski definition) is 5. The topological polar surface area (TPSA) is 84.3 Å². The van der Waals surface area contributed by atoms with E-state index in [1.54, 1.807) is 31.3 Å². The minimum atomic E-state index is -0.959.